The van der Waals surface area contributed by atoms with Gasteiger partial charge in [-0.25, -0.2) is 4.79 Å². The van der Waals surface area contributed by atoms with Crippen molar-refractivity contribution < 1.29 is 13.9 Å². The lowest BCUT2D eigenvalue weighted by Crippen LogP contribution is -1.98. The second kappa shape index (κ2) is 5.98. The third-order valence-electron chi connectivity index (χ3n) is 2.24. The van der Waals surface area contributed by atoms with Gasteiger partial charge in [-0.1, -0.05) is 11.6 Å². The zero-order valence-electron chi connectivity index (χ0n) is 9.68. The predicted molar refractivity (Wildman–Crippen MR) is 71.1 cm³/mol. The Labute approximate surface area is 114 Å². The van der Waals surface area contributed by atoms with Crippen molar-refractivity contribution in [1.29, 1.82) is 0 Å². The summed E-state index contributed by atoms with van der Waals surface area (Å²) in [6.45, 7) is 0. The minimum atomic E-state index is -0.460. The zero-order chi connectivity index (χ0) is 13.0. The summed E-state index contributed by atoms with van der Waals surface area (Å²) in [4.78, 5) is 12.3. The monoisotopic (exact) mass is 282 g/mol. The van der Waals surface area contributed by atoms with Gasteiger partial charge in [0.15, 0.2) is 0 Å². The molecule has 0 bridgehead atoms. The van der Waals surface area contributed by atoms with E-state index in [9.17, 15) is 4.79 Å². The molecule has 5 heteroatoms. The molecule has 0 saturated carbocycles. The molecule has 0 fully saturated rings. The summed E-state index contributed by atoms with van der Waals surface area (Å²) < 4.78 is 9.93. The third kappa shape index (κ3) is 3.31. The van der Waals surface area contributed by atoms with E-state index in [2.05, 4.69) is 4.74 Å². The van der Waals surface area contributed by atoms with E-state index in [-0.39, 0.29) is 5.76 Å². The van der Waals surface area contributed by atoms with Crippen LogP contribution in [-0.2, 0) is 10.5 Å². The van der Waals surface area contributed by atoms with E-state index in [0.717, 1.165) is 10.7 Å². The van der Waals surface area contributed by atoms with Gasteiger partial charge in [-0.2, -0.15) is 0 Å². The van der Waals surface area contributed by atoms with Gasteiger partial charge in [0.05, 0.1) is 12.9 Å². The lowest BCUT2D eigenvalue weighted by Gasteiger charge is -1.99. The van der Waals surface area contributed by atoms with Gasteiger partial charge in [0.2, 0.25) is 5.76 Å². The van der Waals surface area contributed by atoms with Gasteiger partial charge in [-0.15, -0.1) is 11.8 Å². The van der Waals surface area contributed by atoms with Crippen LogP contribution in [0.2, 0.25) is 5.02 Å². The fourth-order valence-electron chi connectivity index (χ4n) is 1.35. The largest absolute Gasteiger partial charge is 0.463 e. The smallest absolute Gasteiger partial charge is 0.373 e. The van der Waals surface area contributed by atoms with E-state index in [1.807, 2.05) is 24.3 Å². The van der Waals surface area contributed by atoms with Gasteiger partial charge >= 0.3 is 5.97 Å². The van der Waals surface area contributed by atoms with E-state index in [1.165, 1.54) is 7.11 Å². The topological polar surface area (TPSA) is 39.4 Å². The number of halogens is 1. The van der Waals surface area contributed by atoms with Crippen molar-refractivity contribution >= 4 is 29.3 Å². The minimum absolute atomic E-state index is 0.226. The second-order valence-corrected chi connectivity index (χ2v) is 4.99. The van der Waals surface area contributed by atoms with Gasteiger partial charge in [0.1, 0.15) is 5.76 Å². The maximum Gasteiger partial charge on any atom is 0.373 e. The standard InChI is InChI=1S/C13H11ClO3S/c1-16-13(15)12-7-4-10(17-12)8-18-11-5-2-9(14)3-6-11/h2-7H,8H2,1H3. The van der Waals surface area contributed by atoms with Crippen molar-refractivity contribution in [1.82, 2.24) is 0 Å². The number of thioether (sulfide) groups is 1. The number of methoxy groups -OCH3 is 1. The summed E-state index contributed by atoms with van der Waals surface area (Å²) in [5.74, 6) is 1.15. The quantitative estimate of drug-likeness (QED) is 0.627. The molecule has 1 heterocycles. The summed E-state index contributed by atoms with van der Waals surface area (Å²) in [5, 5.41) is 0.713. The first-order valence-corrected chi connectivity index (χ1v) is 6.61. The van der Waals surface area contributed by atoms with Crippen molar-refractivity contribution in [2.75, 3.05) is 7.11 Å². The van der Waals surface area contributed by atoms with Crippen LogP contribution in [0.5, 0.6) is 0 Å². The van der Waals surface area contributed by atoms with E-state index >= 15 is 0 Å². The van der Waals surface area contributed by atoms with E-state index in [0.29, 0.717) is 10.8 Å². The Morgan fingerprint density at radius 3 is 2.67 bits per heavy atom. The maximum atomic E-state index is 11.2. The molecule has 0 radical (unpaired) electrons. The summed E-state index contributed by atoms with van der Waals surface area (Å²) in [6.07, 6.45) is 0. The van der Waals surface area contributed by atoms with Crippen molar-refractivity contribution in [2.24, 2.45) is 0 Å². The molecule has 0 saturated heterocycles. The molecule has 0 aliphatic carbocycles. The highest BCUT2D eigenvalue weighted by Gasteiger charge is 2.10. The van der Waals surface area contributed by atoms with Crippen molar-refractivity contribution in [3.05, 3.63) is 52.9 Å². The SMILES string of the molecule is COC(=O)c1ccc(CSc2ccc(Cl)cc2)o1. The van der Waals surface area contributed by atoms with Crippen LogP contribution in [-0.4, -0.2) is 13.1 Å². The molecular weight excluding hydrogens is 272 g/mol. The van der Waals surface area contributed by atoms with Gasteiger partial charge in [-0.05, 0) is 36.4 Å². The Morgan fingerprint density at radius 2 is 2.00 bits per heavy atom. The van der Waals surface area contributed by atoms with Crippen LogP contribution in [0.25, 0.3) is 0 Å². The summed E-state index contributed by atoms with van der Waals surface area (Å²) in [7, 11) is 1.33. The van der Waals surface area contributed by atoms with Crippen molar-refractivity contribution in [3.8, 4) is 0 Å². The van der Waals surface area contributed by atoms with Crippen molar-refractivity contribution in [2.45, 2.75) is 10.6 Å². The Morgan fingerprint density at radius 1 is 1.28 bits per heavy atom. The van der Waals surface area contributed by atoms with Crippen LogP contribution < -0.4 is 0 Å². The van der Waals surface area contributed by atoms with Crippen LogP contribution in [0.1, 0.15) is 16.3 Å². The fraction of sp³-hybridized carbons (Fsp3) is 0.154. The normalized spacial score (nSPS) is 10.3. The molecule has 3 nitrogen and oxygen atoms in total. The summed E-state index contributed by atoms with van der Waals surface area (Å²) >= 11 is 7.41. The molecule has 1 aromatic carbocycles. The number of hydrogen-bond acceptors (Lipinski definition) is 4. The van der Waals surface area contributed by atoms with E-state index in [4.69, 9.17) is 16.0 Å². The molecule has 0 atom stereocenters. The van der Waals surface area contributed by atoms with Gasteiger partial charge in [-0.3, -0.25) is 0 Å². The van der Waals surface area contributed by atoms with Crippen molar-refractivity contribution in [3.63, 3.8) is 0 Å². The molecule has 0 spiro atoms. The molecule has 0 aliphatic rings. The number of furan rings is 1. The second-order valence-electron chi connectivity index (χ2n) is 3.50. The first-order valence-electron chi connectivity index (χ1n) is 5.24. The van der Waals surface area contributed by atoms with E-state index < -0.39 is 5.97 Å². The van der Waals surface area contributed by atoms with Crippen LogP contribution >= 0.6 is 23.4 Å². The number of carbonyl (C=O) groups excluding carboxylic acids is 1. The number of rotatable bonds is 4. The molecular formula is C13H11ClO3S. The Bertz CT molecular complexity index is 533. The molecule has 2 aromatic rings. The maximum absolute atomic E-state index is 11.2. The van der Waals surface area contributed by atoms with Crippen LogP contribution in [0.4, 0.5) is 0 Å². The van der Waals surface area contributed by atoms with Gasteiger partial charge in [0.25, 0.3) is 0 Å². The average Bonchev–Trinajstić information content (AvgIpc) is 2.86. The van der Waals surface area contributed by atoms with Gasteiger partial charge in [0, 0.05) is 9.92 Å². The van der Waals surface area contributed by atoms with Gasteiger partial charge < -0.3 is 9.15 Å². The number of ether oxygens (including phenoxy) is 1. The van der Waals surface area contributed by atoms with Crippen LogP contribution in [0.3, 0.4) is 0 Å². The molecule has 0 N–H and O–H groups in total. The summed E-state index contributed by atoms with van der Waals surface area (Å²) in [5.41, 5.74) is 0. The number of benzene rings is 1. The predicted octanol–water partition coefficient (Wildman–Crippen LogP) is 4.01. The Balaban J connectivity index is 1.96. The van der Waals surface area contributed by atoms with Crippen LogP contribution in [0.15, 0.2) is 45.7 Å². The Hall–Kier alpha value is -1.39. The molecule has 0 unspecified atom stereocenters. The molecule has 2 rings (SSSR count). The highest BCUT2D eigenvalue weighted by molar-refractivity contribution is 7.98. The molecule has 0 aliphatic heterocycles. The first-order chi connectivity index (χ1) is 8.69. The lowest BCUT2D eigenvalue weighted by atomic mass is 10.4. The third-order valence-corrected chi connectivity index (χ3v) is 3.53. The summed E-state index contributed by atoms with van der Waals surface area (Å²) in [6, 6.07) is 10.9. The lowest BCUT2D eigenvalue weighted by molar-refractivity contribution is 0.0563. The number of hydrogen-bond donors (Lipinski definition) is 0. The fourth-order valence-corrected chi connectivity index (χ4v) is 2.27. The minimum Gasteiger partial charge on any atom is -0.463 e. The highest BCUT2D eigenvalue weighted by Crippen LogP contribution is 2.25. The number of carbonyl (C=O) groups is 1. The number of esters is 1. The Kier molecular flexibility index (Phi) is 4.33. The van der Waals surface area contributed by atoms with E-state index in [1.54, 1.807) is 23.9 Å². The molecule has 0 amide bonds. The van der Waals surface area contributed by atoms with Crippen LogP contribution in [0, 0.1) is 0 Å². The average molecular weight is 283 g/mol. The zero-order valence-corrected chi connectivity index (χ0v) is 11.3. The molecule has 94 valence electrons. The molecule has 1 aromatic heterocycles. The highest BCUT2D eigenvalue weighted by atomic mass is 35.5. The first kappa shape index (κ1) is 13.1. The molecule has 18 heavy (non-hydrogen) atoms.